The van der Waals surface area contributed by atoms with Crippen LogP contribution in [0.4, 0.5) is 5.69 Å². The van der Waals surface area contributed by atoms with E-state index in [1.54, 1.807) is 0 Å². The van der Waals surface area contributed by atoms with E-state index in [0.29, 0.717) is 18.8 Å². The molecule has 1 aliphatic rings. The summed E-state index contributed by atoms with van der Waals surface area (Å²) in [5.41, 5.74) is 0.393. The summed E-state index contributed by atoms with van der Waals surface area (Å²) in [5, 5.41) is 7.52. The molecular weight excluding hydrogens is 458 g/mol. The molecule has 12 heteroatoms. The third-order valence-corrected chi connectivity index (χ3v) is 7.74. The average molecular weight is 482 g/mol. The summed E-state index contributed by atoms with van der Waals surface area (Å²) in [6, 6.07) is 10.5. The van der Waals surface area contributed by atoms with Crippen molar-refractivity contribution in [3.63, 3.8) is 0 Å². The van der Waals surface area contributed by atoms with Crippen LogP contribution in [0.5, 0.6) is 0 Å². The highest BCUT2D eigenvalue weighted by molar-refractivity contribution is 7.89. The fourth-order valence-corrected chi connectivity index (χ4v) is 5.13. The molecule has 32 heavy (non-hydrogen) atoms. The maximum absolute atomic E-state index is 12.5. The minimum atomic E-state index is -3.85. The van der Waals surface area contributed by atoms with Crippen molar-refractivity contribution in [2.45, 2.75) is 35.7 Å². The van der Waals surface area contributed by atoms with Crippen LogP contribution in [-0.2, 0) is 29.6 Å². The van der Waals surface area contributed by atoms with Crippen molar-refractivity contribution in [1.29, 1.82) is 0 Å². The minimum absolute atomic E-state index is 0.0877. The number of hydrogen-bond acceptors (Lipinski definition) is 7. The fourth-order valence-electron chi connectivity index (χ4n) is 3.09. The highest BCUT2D eigenvalue weighted by atomic mass is 32.2. The number of benzene rings is 2. The lowest BCUT2D eigenvalue weighted by atomic mass is 10.2. The molecule has 1 atom stereocenters. The molecule has 3 rings (SSSR count). The van der Waals surface area contributed by atoms with Gasteiger partial charge in [-0.2, -0.15) is 4.31 Å². The van der Waals surface area contributed by atoms with E-state index in [4.69, 9.17) is 9.88 Å². The van der Waals surface area contributed by atoms with Crippen molar-refractivity contribution in [3.8, 4) is 0 Å². The van der Waals surface area contributed by atoms with E-state index in [9.17, 15) is 26.4 Å². The molecule has 10 nitrogen and oxygen atoms in total. The lowest BCUT2D eigenvalue weighted by Crippen LogP contribution is -2.30. The van der Waals surface area contributed by atoms with Crippen LogP contribution in [0.15, 0.2) is 58.3 Å². The van der Waals surface area contributed by atoms with Gasteiger partial charge in [0.05, 0.1) is 15.4 Å². The number of nitrogens with one attached hydrogen (secondary N) is 1. The molecule has 0 bridgehead atoms. The second kappa shape index (κ2) is 9.36. The summed E-state index contributed by atoms with van der Waals surface area (Å²) in [4.78, 5) is 24.6. The lowest BCUT2D eigenvalue weighted by molar-refractivity contribution is -0.123. The first-order chi connectivity index (χ1) is 15.0. The summed E-state index contributed by atoms with van der Waals surface area (Å²) in [5.74, 6) is -1.42. The maximum atomic E-state index is 12.5. The Bertz CT molecular complexity index is 1200. The smallest absolute Gasteiger partial charge is 0.338 e. The van der Waals surface area contributed by atoms with Crippen LogP contribution < -0.4 is 10.5 Å². The molecule has 1 amide bonds. The van der Waals surface area contributed by atoms with Crippen molar-refractivity contribution < 1.29 is 31.2 Å². The topological polar surface area (TPSA) is 153 Å². The molecule has 2 aromatic rings. The molecule has 172 valence electrons. The molecule has 0 aromatic heterocycles. The van der Waals surface area contributed by atoms with Crippen molar-refractivity contribution in [1.82, 2.24) is 4.31 Å². The van der Waals surface area contributed by atoms with Crippen LogP contribution in [0.25, 0.3) is 0 Å². The van der Waals surface area contributed by atoms with Gasteiger partial charge in [-0.05, 0) is 68.3 Å². The Kier molecular flexibility index (Phi) is 6.98. The van der Waals surface area contributed by atoms with Crippen molar-refractivity contribution in [3.05, 3.63) is 54.1 Å². The number of carbonyl (C=O) groups excluding carboxylic acids is 2. The van der Waals surface area contributed by atoms with Gasteiger partial charge in [-0.15, -0.1) is 0 Å². The molecule has 3 N–H and O–H groups in total. The van der Waals surface area contributed by atoms with E-state index in [2.05, 4.69) is 5.32 Å². The van der Waals surface area contributed by atoms with Crippen LogP contribution in [0, 0.1) is 0 Å². The molecule has 0 aliphatic carbocycles. The molecule has 1 aliphatic heterocycles. The van der Waals surface area contributed by atoms with Gasteiger partial charge in [0.1, 0.15) is 0 Å². The predicted octanol–water partition coefficient (Wildman–Crippen LogP) is 1.30. The molecule has 1 fully saturated rings. The number of nitrogens with zero attached hydrogens (tertiary/aromatic N) is 1. The second-order valence-electron chi connectivity index (χ2n) is 7.24. The maximum Gasteiger partial charge on any atom is 0.338 e. The Morgan fingerprint density at radius 1 is 0.938 bits per heavy atom. The Morgan fingerprint density at radius 3 is 2.00 bits per heavy atom. The minimum Gasteiger partial charge on any atom is -0.449 e. The molecule has 0 saturated carbocycles. The molecule has 0 spiro atoms. The molecular formula is C20H23N3O7S2. The fraction of sp³-hybridized carbons (Fsp3) is 0.300. The van der Waals surface area contributed by atoms with Gasteiger partial charge in [-0.25, -0.2) is 26.8 Å². The SMILES string of the molecule is CC(OC(=O)c1ccc(S(=O)(=O)N2CCCC2)cc1)C(=O)Nc1ccc(S(N)(=O)=O)cc1. The lowest BCUT2D eigenvalue weighted by Gasteiger charge is -2.16. The Hall–Kier alpha value is -2.80. The van der Waals surface area contributed by atoms with Gasteiger partial charge in [0, 0.05) is 18.8 Å². The molecule has 1 heterocycles. The third-order valence-electron chi connectivity index (χ3n) is 4.90. The largest absolute Gasteiger partial charge is 0.449 e. The summed E-state index contributed by atoms with van der Waals surface area (Å²) in [6.45, 7) is 2.32. The number of hydrogen-bond donors (Lipinski definition) is 2. The molecule has 1 saturated heterocycles. The average Bonchev–Trinajstić information content (AvgIpc) is 3.29. The number of esters is 1. The number of nitrogens with two attached hydrogens (primary N) is 1. The number of carbonyl (C=O) groups is 2. The van der Waals surface area contributed by atoms with Crippen LogP contribution in [0.2, 0.25) is 0 Å². The molecule has 2 aromatic carbocycles. The van der Waals surface area contributed by atoms with Gasteiger partial charge in [-0.1, -0.05) is 0 Å². The van der Waals surface area contributed by atoms with Crippen LogP contribution in [-0.4, -0.2) is 52.2 Å². The van der Waals surface area contributed by atoms with Crippen LogP contribution in [0.1, 0.15) is 30.1 Å². The zero-order valence-electron chi connectivity index (χ0n) is 17.2. The summed E-state index contributed by atoms with van der Waals surface area (Å²) in [7, 11) is -7.44. The Balaban J connectivity index is 1.60. The van der Waals surface area contributed by atoms with E-state index in [1.165, 1.54) is 59.8 Å². The second-order valence-corrected chi connectivity index (χ2v) is 10.7. The zero-order chi connectivity index (χ0) is 23.5. The normalized spacial score (nSPS) is 15.8. The summed E-state index contributed by atoms with van der Waals surface area (Å²) < 4.78 is 54.2. The highest BCUT2D eigenvalue weighted by Crippen LogP contribution is 2.21. The van der Waals surface area contributed by atoms with Crippen molar-refractivity contribution >= 4 is 37.6 Å². The standard InChI is InChI=1S/C20H23N3O7S2/c1-14(19(24)22-16-6-10-17(11-7-16)31(21,26)27)30-20(25)15-4-8-18(9-5-15)32(28,29)23-12-2-3-13-23/h4-11,14H,2-3,12-13H2,1H3,(H,22,24)(H2,21,26,27). The number of primary sulfonamides is 1. The van der Waals surface area contributed by atoms with Crippen LogP contribution in [0.3, 0.4) is 0 Å². The third kappa shape index (κ3) is 5.51. The summed E-state index contributed by atoms with van der Waals surface area (Å²) >= 11 is 0. The van der Waals surface area contributed by atoms with E-state index in [1.807, 2.05) is 0 Å². The van der Waals surface area contributed by atoms with E-state index < -0.39 is 38.0 Å². The van der Waals surface area contributed by atoms with E-state index in [-0.39, 0.29) is 15.4 Å². The van der Waals surface area contributed by atoms with Gasteiger partial charge in [0.25, 0.3) is 5.91 Å². The van der Waals surface area contributed by atoms with Gasteiger partial charge in [0.15, 0.2) is 6.10 Å². The van der Waals surface area contributed by atoms with Crippen molar-refractivity contribution in [2.75, 3.05) is 18.4 Å². The number of amides is 1. The van der Waals surface area contributed by atoms with Gasteiger partial charge in [-0.3, -0.25) is 4.79 Å². The molecule has 1 unspecified atom stereocenters. The number of rotatable bonds is 7. The quantitative estimate of drug-likeness (QED) is 0.565. The molecule has 0 radical (unpaired) electrons. The first kappa shape index (κ1) is 23.9. The van der Waals surface area contributed by atoms with E-state index in [0.717, 1.165) is 12.8 Å². The van der Waals surface area contributed by atoms with E-state index >= 15 is 0 Å². The monoisotopic (exact) mass is 481 g/mol. The summed E-state index contributed by atoms with van der Waals surface area (Å²) in [6.07, 6.45) is 0.480. The Labute approximate surface area is 186 Å². The number of anilines is 1. The highest BCUT2D eigenvalue weighted by Gasteiger charge is 2.27. The van der Waals surface area contributed by atoms with Crippen LogP contribution >= 0.6 is 0 Å². The first-order valence-electron chi connectivity index (χ1n) is 9.73. The van der Waals surface area contributed by atoms with Gasteiger partial charge in [0.2, 0.25) is 20.0 Å². The van der Waals surface area contributed by atoms with Gasteiger partial charge >= 0.3 is 5.97 Å². The van der Waals surface area contributed by atoms with Gasteiger partial charge < -0.3 is 10.1 Å². The number of sulfonamides is 2. The zero-order valence-corrected chi connectivity index (χ0v) is 18.9. The Morgan fingerprint density at radius 2 is 1.47 bits per heavy atom. The number of ether oxygens (including phenoxy) is 1. The van der Waals surface area contributed by atoms with Crippen molar-refractivity contribution in [2.24, 2.45) is 5.14 Å². The first-order valence-corrected chi connectivity index (χ1v) is 12.7. The predicted molar refractivity (Wildman–Crippen MR) is 116 cm³/mol.